The molecule has 0 fully saturated rings. The summed E-state index contributed by atoms with van der Waals surface area (Å²) in [4.78, 5) is 0.148. The van der Waals surface area contributed by atoms with E-state index in [1.54, 1.807) is 19.1 Å². The molecule has 128 valence electrons. The number of sulfonamides is 1. The molecule has 2 aromatic carbocycles. The predicted octanol–water partition coefficient (Wildman–Crippen LogP) is 2.85. The molecular weight excluding hydrogens is 346 g/mol. The maximum atomic E-state index is 12.6. The minimum atomic E-state index is -3.72. The first-order chi connectivity index (χ1) is 11.3. The van der Waals surface area contributed by atoms with Crippen LogP contribution in [0.25, 0.3) is 0 Å². The Morgan fingerprint density at radius 1 is 1.17 bits per heavy atom. The van der Waals surface area contributed by atoms with Crippen LogP contribution < -0.4 is 4.72 Å². The lowest BCUT2D eigenvalue weighted by molar-refractivity contribution is 0.0317. The molecule has 0 aliphatic heterocycles. The molecule has 2 N–H and O–H groups in total. The van der Waals surface area contributed by atoms with Gasteiger partial charge in [-0.15, -0.1) is 0 Å². The van der Waals surface area contributed by atoms with Gasteiger partial charge < -0.3 is 5.11 Å². The molecule has 0 saturated heterocycles. The first-order valence-electron chi connectivity index (χ1n) is 7.85. The number of aryl methyl sites for hydroxylation is 1. The summed E-state index contributed by atoms with van der Waals surface area (Å²) in [7, 11) is -3.72. The molecule has 1 unspecified atom stereocenters. The third-order valence-corrected chi connectivity index (χ3v) is 6.55. The summed E-state index contributed by atoms with van der Waals surface area (Å²) in [6.45, 7) is 1.65. The summed E-state index contributed by atoms with van der Waals surface area (Å²) in [6.07, 6.45) is 1.71. The molecule has 0 heterocycles. The third-order valence-electron chi connectivity index (χ3n) is 4.60. The van der Waals surface area contributed by atoms with Crippen molar-refractivity contribution in [2.45, 2.75) is 36.7 Å². The zero-order valence-corrected chi connectivity index (χ0v) is 15.0. The maximum absolute atomic E-state index is 12.6. The molecule has 0 aromatic heterocycles. The molecule has 0 amide bonds. The third kappa shape index (κ3) is 3.49. The Hall–Kier alpha value is -1.40. The highest BCUT2D eigenvalue weighted by molar-refractivity contribution is 7.89. The van der Waals surface area contributed by atoms with Crippen molar-refractivity contribution in [2.24, 2.45) is 0 Å². The van der Waals surface area contributed by atoms with Crippen molar-refractivity contribution in [1.82, 2.24) is 4.72 Å². The largest absolute Gasteiger partial charge is 0.388 e. The maximum Gasteiger partial charge on any atom is 0.240 e. The van der Waals surface area contributed by atoms with Crippen molar-refractivity contribution in [3.05, 3.63) is 64.2 Å². The normalized spacial score (nSPS) is 20.6. The SMILES string of the molecule is Cc1c(Cl)cccc1S(=O)(=O)NCC1(O)CCc2ccccc2C1. The van der Waals surface area contributed by atoms with Crippen LogP contribution in [0.5, 0.6) is 0 Å². The van der Waals surface area contributed by atoms with Crippen molar-refractivity contribution in [3.63, 3.8) is 0 Å². The minimum Gasteiger partial charge on any atom is -0.388 e. The van der Waals surface area contributed by atoms with Crippen LogP contribution in [0.2, 0.25) is 5.02 Å². The van der Waals surface area contributed by atoms with Crippen molar-refractivity contribution in [1.29, 1.82) is 0 Å². The van der Waals surface area contributed by atoms with Gasteiger partial charge in [0.2, 0.25) is 10.0 Å². The molecule has 4 nitrogen and oxygen atoms in total. The Morgan fingerprint density at radius 2 is 1.88 bits per heavy atom. The van der Waals surface area contributed by atoms with E-state index >= 15 is 0 Å². The molecule has 0 bridgehead atoms. The number of aliphatic hydroxyl groups is 1. The molecule has 24 heavy (non-hydrogen) atoms. The molecule has 1 aliphatic carbocycles. The lowest BCUT2D eigenvalue weighted by atomic mass is 9.80. The van der Waals surface area contributed by atoms with Crippen molar-refractivity contribution in [2.75, 3.05) is 6.54 Å². The van der Waals surface area contributed by atoms with Gasteiger partial charge in [0.25, 0.3) is 0 Å². The fourth-order valence-corrected chi connectivity index (χ4v) is 4.74. The second-order valence-corrected chi connectivity index (χ2v) is 8.50. The summed E-state index contributed by atoms with van der Waals surface area (Å²) >= 11 is 6.01. The Balaban J connectivity index is 1.77. The standard InChI is InChI=1S/C18H20ClNO3S/c1-13-16(19)7-4-8-17(13)24(22,23)20-12-18(21)10-9-14-5-2-3-6-15(14)11-18/h2-8,20-21H,9-12H2,1H3. The summed E-state index contributed by atoms with van der Waals surface area (Å²) in [5.74, 6) is 0. The Bertz CT molecular complexity index is 866. The quantitative estimate of drug-likeness (QED) is 0.875. The van der Waals surface area contributed by atoms with E-state index in [1.807, 2.05) is 18.2 Å². The molecular formula is C18H20ClNO3S. The predicted molar refractivity (Wildman–Crippen MR) is 94.8 cm³/mol. The number of rotatable bonds is 4. The molecule has 1 atom stereocenters. The van der Waals surface area contributed by atoms with Crippen LogP contribution in [-0.4, -0.2) is 25.7 Å². The number of halogens is 1. The van der Waals surface area contributed by atoms with Gasteiger partial charge >= 0.3 is 0 Å². The lowest BCUT2D eigenvalue weighted by Gasteiger charge is -2.33. The molecule has 0 spiro atoms. The van der Waals surface area contributed by atoms with Gasteiger partial charge in [-0.25, -0.2) is 13.1 Å². The van der Waals surface area contributed by atoms with Crippen molar-refractivity contribution >= 4 is 21.6 Å². The van der Waals surface area contributed by atoms with Crippen LogP contribution in [0.3, 0.4) is 0 Å². The summed E-state index contributed by atoms with van der Waals surface area (Å²) in [6, 6.07) is 12.7. The Labute approximate surface area is 147 Å². The van der Waals surface area contributed by atoms with E-state index in [2.05, 4.69) is 10.8 Å². The average molecular weight is 366 g/mol. The number of nitrogens with one attached hydrogen (secondary N) is 1. The van der Waals surface area contributed by atoms with Gasteiger partial charge in [0.1, 0.15) is 0 Å². The van der Waals surface area contributed by atoms with Crippen LogP contribution in [0, 0.1) is 6.92 Å². The number of fused-ring (bicyclic) bond motifs is 1. The van der Waals surface area contributed by atoms with E-state index in [0.29, 0.717) is 23.4 Å². The van der Waals surface area contributed by atoms with Gasteiger partial charge in [0.05, 0.1) is 10.5 Å². The molecule has 3 rings (SSSR count). The summed E-state index contributed by atoms with van der Waals surface area (Å²) in [5.41, 5.74) is 1.72. The number of hydrogen-bond donors (Lipinski definition) is 2. The first-order valence-corrected chi connectivity index (χ1v) is 9.71. The van der Waals surface area contributed by atoms with E-state index in [4.69, 9.17) is 11.6 Å². The molecule has 6 heteroatoms. The van der Waals surface area contributed by atoms with Gasteiger partial charge in [-0.1, -0.05) is 41.9 Å². The first kappa shape index (κ1) is 17.4. The van der Waals surface area contributed by atoms with E-state index in [1.165, 1.54) is 11.6 Å². The lowest BCUT2D eigenvalue weighted by Crippen LogP contribution is -2.46. The second kappa shape index (κ2) is 6.48. The van der Waals surface area contributed by atoms with Crippen molar-refractivity contribution in [3.8, 4) is 0 Å². The Morgan fingerprint density at radius 3 is 2.62 bits per heavy atom. The van der Waals surface area contributed by atoms with Gasteiger partial charge in [0.15, 0.2) is 0 Å². The molecule has 0 radical (unpaired) electrons. The molecule has 0 saturated carbocycles. The highest BCUT2D eigenvalue weighted by Gasteiger charge is 2.33. The fourth-order valence-electron chi connectivity index (χ4n) is 3.12. The summed E-state index contributed by atoms with van der Waals surface area (Å²) in [5, 5.41) is 11.2. The van der Waals surface area contributed by atoms with Crippen LogP contribution in [0.15, 0.2) is 47.4 Å². The van der Waals surface area contributed by atoms with Crippen LogP contribution in [-0.2, 0) is 22.9 Å². The highest BCUT2D eigenvalue weighted by atomic mass is 35.5. The highest BCUT2D eigenvalue weighted by Crippen LogP contribution is 2.29. The number of benzene rings is 2. The van der Waals surface area contributed by atoms with Crippen LogP contribution in [0.1, 0.15) is 23.1 Å². The average Bonchev–Trinajstić information content (AvgIpc) is 2.55. The van der Waals surface area contributed by atoms with E-state index in [9.17, 15) is 13.5 Å². The second-order valence-electron chi connectivity index (χ2n) is 6.36. The monoisotopic (exact) mass is 365 g/mol. The van der Waals surface area contributed by atoms with Crippen LogP contribution in [0.4, 0.5) is 0 Å². The molecule has 2 aromatic rings. The minimum absolute atomic E-state index is 0.0182. The van der Waals surface area contributed by atoms with Gasteiger partial charge in [0, 0.05) is 18.0 Å². The summed E-state index contributed by atoms with van der Waals surface area (Å²) < 4.78 is 27.7. The number of hydrogen-bond acceptors (Lipinski definition) is 3. The van der Waals surface area contributed by atoms with E-state index in [-0.39, 0.29) is 11.4 Å². The van der Waals surface area contributed by atoms with E-state index < -0.39 is 15.6 Å². The smallest absolute Gasteiger partial charge is 0.240 e. The van der Waals surface area contributed by atoms with Crippen molar-refractivity contribution < 1.29 is 13.5 Å². The zero-order valence-electron chi connectivity index (χ0n) is 13.4. The Kier molecular flexibility index (Phi) is 4.71. The topological polar surface area (TPSA) is 66.4 Å². The molecule has 1 aliphatic rings. The van der Waals surface area contributed by atoms with Gasteiger partial charge in [-0.05, 0) is 48.6 Å². The van der Waals surface area contributed by atoms with Gasteiger partial charge in [-0.3, -0.25) is 0 Å². The zero-order chi connectivity index (χ0) is 17.4. The fraction of sp³-hybridized carbons (Fsp3) is 0.333. The van der Waals surface area contributed by atoms with Gasteiger partial charge in [-0.2, -0.15) is 0 Å². The van der Waals surface area contributed by atoms with Crippen LogP contribution >= 0.6 is 11.6 Å². The van der Waals surface area contributed by atoms with E-state index in [0.717, 1.165) is 12.0 Å².